The normalized spacial score (nSPS) is 10.6. The Hall–Kier alpha value is -2.60. The Labute approximate surface area is 144 Å². The predicted molar refractivity (Wildman–Crippen MR) is 96.3 cm³/mol. The third-order valence-electron chi connectivity index (χ3n) is 3.48. The van der Waals surface area contributed by atoms with E-state index in [9.17, 15) is 4.79 Å². The third-order valence-corrected chi connectivity index (χ3v) is 4.68. The van der Waals surface area contributed by atoms with Crippen molar-refractivity contribution in [3.05, 3.63) is 59.0 Å². The Morgan fingerprint density at radius 1 is 1.21 bits per heavy atom. The smallest absolute Gasteiger partial charge is 0.268 e. The summed E-state index contributed by atoms with van der Waals surface area (Å²) in [4.78, 5) is 26.1. The first-order valence-corrected chi connectivity index (χ1v) is 8.64. The van der Waals surface area contributed by atoms with Crippen LogP contribution in [0.4, 0.5) is 5.82 Å². The molecule has 0 aliphatic carbocycles. The SMILES string of the molecule is CCCc1cc(-c2nc(C)c(C(=O)Nc3ccccn3)s2)ccn1. The van der Waals surface area contributed by atoms with Crippen molar-refractivity contribution < 1.29 is 4.79 Å². The molecule has 5 nitrogen and oxygen atoms in total. The summed E-state index contributed by atoms with van der Waals surface area (Å²) in [5.41, 5.74) is 2.76. The molecule has 0 aromatic carbocycles. The van der Waals surface area contributed by atoms with Gasteiger partial charge in [-0.3, -0.25) is 9.78 Å². The molecule has 122 valence electrons. The average molecular weight is 338 g/mol. The Balaban J connectivity index is 1.85. The number of amides is 1. The zero-order valence-electron chi connectivity index (χ0n) is 13.6. The van der Waals surface area contributed by atoms with Gasteiger partial charge in [-0.15, -0.1) is 11.3 Å². The summed E-state index contributed by atoms with van der Waals surface area (Å²) in [6.45, 7) is 3.98. The van der Waals surface area contributed by atoms with E-state index in [2.05, 4.69) is 27.2 Å². The molecular weight excluding hydrogens is 320 g/mol. The maximum absolute atomic E-state index is 12.5. The van der Waals surface area contributed by atoms with Gasteiger partial charge in [-0.05, 0) is 37.6 Å². The number of hydrogen-bond acceptors (Lipinski definition) is 5. The van der Waals surface area contributed by atoms with Gasteiger partial charge in [0.2, 0.25) is 0 Å². The predicted octanol–water partition coefficient (Wildman–Crippen LogP) is 4.11. The lowest BCUT2D eigenvalue weighted by Gasteiger charge is -2.02. The molecule has 24 heavy (non-hydrogen) atoms. The van der Waals surface area contributed by atoms with Gasteiger partial charge < -0.3 is 5.32 Å². The lowest BCUT2D eigenvalue weighted by atomic mass is 10.2. The van der Waals surface area contributed by atoms with Crippen LogP contribution in [0.3, 0.4) is 0 Å². The van der Waals surface area contributed by atoms with Gasteiger partial charge in [-0.2, -0.15) is 0 Å². The molecule has 0 spiro atoms. The second kappa shape index (κ2) is 7.31. The van der Waals surface area contributed by atoms with Crippen LogP contribution in [-0.2, 0) is 6.42 Å². The van der Waals surface area contributed by atoms with Crippen LogP contribution < -0.4 is 5.32 Å². The van der Waals surface area contributed by atoms with Gasteiger partial charge in [-0.25, -0.2) is 9.97 Å². The van der Waals surface area contributed by atoms with Crippen LogP contribution >= 0.6 is 11.3 Å². The van der Waals surface area contributed by atoms with Gasteiger partial charge in [0.05, 0.1) is 5.69 Å². The fourth-order valence-corrected chi connectivity index (χ4v) is 3.30. The molecule has 0 bridgehead atoms. The molecule has 1 N–H and O–H groups in total. The van der Waals surface area contributed by atoms with E-state index in [1.165, 1.54) is 11.3 Å². The number of rotatable bonds is 5. The summed E-state index contributed by atoms with van der Waals surface area (Å²) in [6, 6.07) is 9.37. The number of hydrogen-bond donors (Lipinski definition) is 1. The maximum atomic E-state index is 12.5. The van der Waals surface area contributed by atoms with E-state index in [0.29, 0.717) is 10.7 Å². The van der Waals surface area contributed by atoms with E-state index in [4.69, 9.17) is 0 Å². The van der Waals surface area contributed by atoms with Gasteiger partial charge in [0.25, 0.3) is 5.91 Å². The molecule has 0 radical (unpaired) electrons. The summed E-state index contributed by atoms with van der Waals surface area (Å²) in [6.07, 6.45) is 5.42. The largest absolute Gasteiger partial charge is 0.306 e. The molecule has 0 saturated carbocycles. The Kier molecular flexibility index (Phi) is 4.96. The van der Waals surface area contributed by atoms with Crippen LogP contribution in [0.15, 0.2) is 42.7 Å². The van der Waals surface area contributed by atoms with E-state index in [0.717, 1.165) is 34.8 Å². The maximum Gasteiger partial charge on any atom is 0.268 e. The second-order valence-corrected chi connectivity index (χ2v) is 6.39. The van der Waals surface area contributed by atoms with Gasteiger partial charge >= 0.3 is 0 Å². The van der Waals surface area contributed by atoms with E-state index in [1.807, 2.05) is 31.2 Å². The molecule has 0 unspecified atom stereocenters. The van der Waals surface area contributed by atoms with Crippen molar-refractivity contribution in [2.45, 2.75) is 26.7 Å². The molecule has 3 aromatic rings. The van der Waals surface area contributed by atoms with Crippen molar-refractivity contribution in [1.29, 1.82) is 0 Å². The van der Waals surface area contributed by atoms with Crippen LogP contribution in [0.25, 0.3) is 10.6 Å². The molecule has 0 aliphatic heterocycles. The minimum atomic E-state index is -0.183. The molecule has 0 fully saturated rings. The number of nitrogens with one attached hydrogen (secondary N) is 1. The number of nitrogens with zero attached hydrogens (tertiary/aromatic N) is 3. The highest BCUT2D eigenvalue weighted by atomic mass is 32.1. The Morgan fingerprint density at radius 2 is 2.08 bits per heavy atom. The van der Waals surface area contributed by atoms with Crippen molar-refractivity contribution in [3.8, 4) is 10.6 Å². The molecule has 1 amide bonds. The van der Waals surface area contributed by atoms with Crippen LogP contribution in [0, 0.1) is 6.92 Å². The standard InChI is InChI=1S/C18H18N4OS/c1-3-6-14-11-13(8-10-19-14)18-21-12(2)16(24-18)17(23)22-15-7-4-5-9-20-15/h4-5,7-11H,3,6H2,1-2H3,(H,20,22,23). The van der Waals surface area contributed by atoms with Crippen LogP contribution in [0.2, 0.25) is 0 Å². The highest BCUT2D eigenvalue weighted by Crippen LogP contribution is 2.28. The monoisotopic (exact) mass is 338 g/mol. The molecule has 3 rings (SSSR count). The lowest BCUT2D eigenvalue weighted by molar-refractivity contribution is 0.102. The number of thiazole rings is 1. The van der Waals surface area contributed by atoms with Crippen LogP contribution in [-0.4, -0.2) is 20.9 Å². The van der Waals surface area contributed by atoms with Crippen LogP contribution in [0.5, 0.6) is 0 Å². The number of carbonyl (C=O) groups is 1. The summed E-state index contributed by atoms with van der Waals surface area (Å²) in [5.74, 6) is 0.351. The summed E-state index contributed by atoms with van der Waals surface area (Å²) in [5, 5.41) is 3.64. The van der Waals surface area contributed by atoms with Crippen molar-refractivity contribution in [2.24, 2.45) is 0 Å². The van der Waals surface area contributed by atoms with Gasteiger partial charge in [0, 0.05) is 23.7 Å². The van der Waals surface area contributed by atoms with E-state index < -0.39 is 0 Å². The quantitative estimate of drug-likeness (QED) is 0.760. The van der Waals surface area contributed by atoms with E-state index in [-0.39, 0.29) is 5.91 Å². The summed E-state index contributed by atoms with van der Waals surface area (Å²) >= 11 is 1.39. The zero-order valence-corrected chi connectivity index (χ0v) is 14.4. The number of carbonyl (C=O) groups excluding carboxylic acids is 1. The zero-order chi connectivity index (χ0) is 16.9. The van der Waals surface area contributed by atoms with Crippen LogP contribution in [0.1, 0.15) is 34.4 Å². The first-order chi connectivity index (χ1) is 11.7. The minimum absolute atomic E-state index is 0.183. The number of anilines is 1. The minimum Gasteiger partial charge on any atom is -0.306 e. The van der Waals surface area contributed by atoms with Gasteiger partial charge in [-0.1, -0.05) is 19.4 Å². The van der Waals surface area contributed by atoms with Crippen molar-refractivity contribution in [3.63, 3.8) is 0 Å². The molecule has 3 aromatic heterocycles. The van der Waals surface area contributed by atoms with Crippen molar-refractivity contribution in [1.82, 2.24) is 15.0 Å². The molecule has 6 heteroatoms. The summed E-state index contributed by atoms with van der Waals surface area (Å²) < 4.78 is 0. The van der Waals surface area contributed by atoms with Gasteiger partial charge in [0.15, 0.2) is 0 Å². The van der Waals surface area contributed by atoms with Gasteiger partial charge in [0.1, 0.15) is 15.7 Å². The summed E-state index contributed by atoms with van der Waals surface area (Å²) in [7, 11) is 0. The molecule has 0 atom stereocenters. The lowest BCUT2D eigenvalue weighted by Crippen LogP contribution is -2.12. The molecular formula is C18H18N4OS. The highest BCUT2D eigenvalue weighted by Gasteiger charge is 2.17. The van der Waals surface area contributed by atoms with Crippen molar-refractivity contribution in [2.75, 3.05) is 5.32 Å². The number of aryl methyl sites for hydroxylation is 2. The number of aromatic nitrogens is 3. The average Bonchev–Trinajstić information content (AvgIpc) is 2.98. The first kappa shape index (κ1) is 16.3. The van der Waals surface area contributed by atoms with E-state index in [1.54, 1.807) is 18.5 Å². The Bertz CT molecular complexity index is 845. The topological polar surface area (TPSA) is 67.8 Å². The van der Waals surface area contributed by atoms with E-state index >= 15 is 0 Å². The molecule has 3 heterocycles. The fraction of sp³-hybridized carbons (Fsp3) is 0.222. The fourth-order valence-electron chi connectivity index (χ4n) is 2.34. The first-order valence-electron chi connectivity index (χ1n) is 7.82. The Morgan fingerprint density at radius 3 is 2.83 bits per heavy atom. The third kappa shape index (κ3) is 3.65. The molecule has 0 aliphatic rings. The molecule has 0 saturated heterocycles. The van der Waals surface area contributed by atoms with Crippen molar-refractivity contribution >= 4 is 23.1 Å². The highest BCUT2D eigenvalue weighted by molar-refractivity contribution is 7.17. The number of pyridine rings is 2. The second-order valence-electron chi connectivity index (χ2n) is 5.39.